The highest BCUT2D eigenvalue weighted by atomic mass is 16.5. The highest BCUT2D eigenvalue weighted by Gasteiger charge is 2.19. The molecule has 4 aromatic rings. The van der Waals surface area contributed by atoms with Gasteiger partial charge in [0.25, 0.3) is 5.56 Å². The van der Waals surface area contributed by atoms with Gasteiger partial charge in [-0.1, -0.05) is 42.5 Å². The first-order chi connectivity index (χ1) is 15.5. The second-order valence-corrected chi connectivity index (χ2v) is 7.21. The van der Waals surface area contributed by atoms with E-state index >= 15 is 0 Å². The van der Waals surface area contributed by atoms with Crippen LogP contribution in [0.25, 0.3) is 11.0 Å². The fourth-order valence-electron chi connectivity index (χ4n) is 3.53. The van der Waals surface area contributed by atoms with Crippen molar-refractivity contribution in [3.8, 4) is 5.75 Å². The van der Waals surface area contributed by atoms with Crippen LogP contribution in [0.1, 0.15) is 12.5 Å². The van der Waals surface area contributed by atoms with Gasteiger partial charge in [0.15, 0.2) is 5.52 Å². The number of amides is 1. The van der Waals surface area contributed by atoms with Crippen LogP contribution in [-0.4, -0.2) is 31.9 Å². The van der Waals surface area contributed by atoms with Crippen LogP contribution in [0.15, 0.2) is 70.4 Å². The Morgan fingerprint density at radius 2 is 1.75 bits per heavy atom. The number of ether oxygens (including phenoxy) is 1. The normalized spacial score (nSPS) is 10.9. The number of benzene rings is 2. The Hall–Kier alpha value is -4.14. The largest absolute Gasteiger partial charge is 0.495 e. The number of methoxy groups -OCH3 is 1. The molecule has 0 aliphatic rings. The molecule has 2 heterocycles. The number of fused-ring (bicyclic) bond motifs is 1. The summed E-state index contributed by atoms with van der Waals surface area (Å²) < 4.78 is 9.24. The minimum absolute atomic E-state index is 0.0849. The average molecular weight is 433 g/mol. The van der Waals surface area contributed by atoms with Crippen LogP contribution in [0, 0.1) is 0 Å². The van der Waals surface area contributed by atoms with Crippen LogP contribution in [0.5, 0.6) is 5.75 Å². The van der Waals surface area contributed by atoms with Crippen molar-refractivity contribution >= 4 is 22.6 Å². The number of hydrogen-bond donors (Lipinski definition) is 1. The molecule has 0 aliphatic heterocycles. The summed E-state index contributed by atoms with van der Waals surface area (Å²) in [6, 6.07) is 16.2. The Labute approximate surface area is 183 Å². The second kappa shape index (κ2) is 8.93. The van der Waals surface area contributed by atoms with Crippen molar-refractivity contribution in [3.63, 3.8) is 0 Å². The molecule has 0 saturated carbocycles. The van der Waals surface area contributed by atoms with Crippen molar-refractivity contribution in [2.24, 2.45) is 0 Å². The van der Waals surface area contributed by atoms with Crippen LogP contribution in [0.3, 0.4) is 0 Å². The second-order valence-electron chi connectivity index (χ2n) is 7.21. The van der Waals surface area contributed by atoms with E-state index in [1.54, 1.807) is 35.1 Å². The monoisotopic (exact) mass is 433 g/mol. The Morgan fingerprint density at radius 3 is 2.47 bits per heavy atom. The maximum absolute atomic E-state index is 13.3. The van der Waals surface area contributed by atoms with E-state index < -0.39 is 17.2 Å². The summed E-state index contributed by atoms with van der Waals surface area (Å²) in [4.78, 5) is 39.2. The molecular weight excluding hydrogens is 410 g/mol. The van der Waals surface area contributed by atoms with Gasteiger partial charge in [-0.25, -0.2) is 4.79 Å². The third-order valence-corrected chi connectivity index (χ3v) is 5.13. The molecular formula is C23H23N5O4. The zero-order valence-electron chi connectivity index (χ0n) is 17.8. The Bertz CT molecular complexity index is 1390. The lowest BCUT2D eigenvalue weighted by Gasteiger charge is -2.13. The van der Waals surface area contributed by atoms with E-state index in [4.69, 9.17) is 4.74 Å². The van der Waals surface area contributed by atoms with Crippen LogP contribution < -0.4 is 21.3 Å². The van der Waals surface area contributed by atoms with Crippen LogP contribution in [0.2, 0.25) is 0 Å². The van der Waals surface area contributed by atoms with Gasteiger partial charge in [0.2, 0.25) is 5.91 Å². The molecule has 164 valence electrons. The summed E-state index contributed by atoms with van der Waals surface area (Å²) in [5.41, 5.74) is 0.700. The fourth-order valence-corrected chi connectivity index (χ4v) is 3.53. The Kier molecular flexibility index (Phi) is 5.89. The number of carbonyl (C=O) groups is 1. The van der Waals surface area contributed by atoms with E-state index in [-0.39, 0.29) is 18.6 Å². The lowest BCUT2D eigenvalue weighted by Crippen LogP contribution is -2.41. The van der Waals surface area contributed by atoms with E-state index in [9.17, 15) is 14.4 Å². The predicted molar refractivity (Wildman–Crippen MR) is 121 cm³/mol. The highest BCUT2D eigenvalue weighted by Crippen LogP contribution is 2.23. The van der Waals surface area contributed by atoms with E-state index in [0.717, 1.165) is 10.1 Å². The number of aryl methyl sites for hydroxylation is 1. The molecule has 2 aromatic heterocycles. The molecule has 0 fully saturated rings. The topological polar surface area (TPSA) is 100 Å². The lowest BCUT2D eigenvalue weighted by molar-refractivity contribution is -0.116. The van der Waals surface area contributed by atoms with E-state index in [0.29, 0.717) is 23.5 Å². The molecule has 0 bridgehead atoms. The summed E-state index contributed by atoms with van der Waals surface area (Å²) in [7, 11) is 1.51. The minimum atomic E-state index is -0.572. The lowest BCUT2D eigenvalue weighted by atomic mass is 10.2. The number of carbonyl (C=O) groups excluding carboxylic acids is 1. The molecule has 1 amide bonds. The summed E-state index contributed by atoms with van der Waals surface area (Å²) >= 11 is 0. The quantitative estimate of drug-likeness (QED) is 0.481. The van der Waals surface area contributed by atoms with Gasteiger partial charge in [-0.3, -0.25) is 23.4 Å². The number of hydrogen-bond acceptors (Lipinski definition) is 5. The van der Waals surface area contributed by atoms with Crippen molar-refractivity contribution in [3.05, 3.63) is 87.2 Å². The molecule has 0 radical (unpaired) electrons. The van der Waals surface area contributed by atoms with Crippen molar-refractivity contribution in [2.45, 2.75) is 26.6 Å². The van der Waals surface area contributed by atoms with Gasteiger partial charge in [-0.15, -0.1) is 0 Å². The molecule has 4 rings (SSSR count). The average Bonchev–Trinajstić information content (AvgIpc) is 3.25. The van der Waals surface area contributed by atoms with Crippen LogP contribution in [-0.2, 0) is 24.4 Å². The SMILES string of the molecule is CCn1cc2c(n1)c(=O)n(Cc1ccccc1)c(=O)n2CC(=O)Nc1ccccc1OC. The molecule has 9 heteroatoms. The summed E-state index contributed by atoms with van der Waals surface area (Å²) in [5.74, 6) is 0.0817. The van der Waals surface area contributed by atoms with Gasteiger partial charge in [0.05, 0.1) is 24.9 Å². The number of nitrogens with one attached hydrogen (secondary N) is 1. The maximum Gasteiger partial charge on any atom is 0.332 e. The summed E-state index contributed by atoms with van der Waals surface area (Å²) in [6.07, 6.45) is 1.61. The molecule has 32 heavy (non-hydrogen) atoms. The van der Waals surface area contributed by atoms with E-state index in [1.165, 1.54) is 11.7 Å². The standard InChI is InChI=1S/C23H23N5O4/c1-3-26-14-18-21(25-26)22(30)28(13-16-9-5-4-6-10-16)23(31)27(18)15-20(29)24-17-11-7-8-12-19(17)32-2/h4-12,14H,3,13,15H2,1-2H3,(H,24,29). The number of nitrogens with zero attached hydrogens (tertiary/aromatic N) is 4. The molecule has 0 saturated heterocycles. The van der Waals surface area contributed by atoms with Gasteiger partial charge in [-0.05, 0) is 24.6 Å². The molecule has 9 nitrogen and oxygen atoms in total. The zero-order chi connectivity index (χ0) is 22.7. The zero-order valence-corrected chi connectivity index (χ0v) is 17.8. The third kappa shape index (κ3) is 4.04. The van der Waals surface area contributed by atoms with Gasteiger partial charge < -0.3 is 10.1 Å². The third-order valence-electron chi connectivity index (χ3n) is 5.13. The predicted octanol–water partition coefficient (Wildman–Crippen LogP) is 2.08. The highest BCUT2D eigenvalue weighted by molar-refractivity contribution is 5.92. The molecule has 2 aromatic carbocycles. The van der Waals surface area contributed by atoms with Gasteiger partial charge in [-0.2, -0.15) is 5.10 Å². The number of aromatic nitrogens is 4. The Balaban J connectivity index is 1.77. The number of anilines is 1. The number of rotatable bonds is 7. The first-order valence-corrected chi connectivity index (χ1v) is 10.2. The molecule has 1 N–H and O–H groups in total. The van der Waals surface area contributed by atoms with Crippen molar-refractivity contribution < 1.29 is 9.53 Å². The first kappa shape index (κ1) is 21.1. The fraction of sp³-hybridized carbons (Fsp3) is 0.217. The molecule has 0 spiro atoms. The van der Waals surface area contributed by atoms with Crippen molar-refractivity contribution in [2.75, 3.05) is 12.4 Å². The molecule has 0 aliphatic carbocycles. The van der Waals surface area contributed by atoms with E-state index in [1.807, 2.05) is 37.3 Å². The van der Waals surface area contributed by atoms with Gasteiger partial charge in [0, 0.05) is 12.7 Å². The summed E-state index contributed by atoms with van der Waals surface area (Å²) in [5, 5.41) is 7.09. The molecule has 0 atom stereocenters. The van der Waals surface area contributed by atoms with Gasteiger partial charge >= 0.3 is 5.69 Å². The van der Waals surface area contributed by atoms with Gasteiger partial charge in [0.1, 0.15) is 12.3 Å². The number of para-hydroxylation sites is 2. The maximum atomic E-state index is 13.3. The summed E-state index contributed by atoms with van der Waals surface area (Å²) in [6.45, 7) is 2.21. The molecule has 0 unspecified atom stereocenters. The van der Waals surface area contributed by atoms with Crippen LogP contribution >= 0.6 is 0 Å². The minimum Gasteiger partial charge on any atom is -0.495 e. The van der Waals surface area contributed by atoms with Crippen molar-refractivity contribution in [1.29, 1.82) is 0 Å². The van der Waals surface area contributed by atoms with Crippen molar-refractivity contribution in [1.82, 2.24) is 18.9 Å². The van der Waals surface area contributed by atoms with Crippen LogP contribution in [0.4, 0.5) is 5.69 Å². The first-order valence-electron chi connectivity index (χ1n) is 10.2. The smallest absolute Gasteiger partial charge is 0.332 e. The Morgan fingerprint density at radius 1 is 1.03 bits per heavy atom. The van der Waals surface area contributed by atoms with E-state index in [2.05, 4.69) is 10.4 Å².